The lowest BCUT2D eigenvalue weighted by atomic mass is 10.0. The molecule has 2 heterocycles. The number of carbonyl (C=O) groups excluding carboxylic acids is 1. The Balaban J connectivity index is 1.58. The number of aliphatic hydroxyl groups is 1. The zero-order valence-corrected chi connectivity index (χ0v) is 15.9. The predicted molar refractivity (Wildman–Crippen MR) is 99.2 cm³/mol. The molecule has 1 saturated heterocycles. The minimum atomic E-state index is -1.30. The molecule has 4 N–H and O–H groups in total. The molecule has 1 aromatic carbocycles. The van der Waals surface area contributed by atoms with E-state index in [9.17, 15) is 27.5 Å². The SMILES string of the molecule is NC(CC(=O)N1C[C@H](O)C[C@H]1CNc1ncc(F)cn1)Cc1cc(F)c(F)cc1F. The number of halogens is 4. The number of aromatic nitrogens is 2. The molecule has 0 aliphatic carbocycles. The highest BCUT2D eigenvalue weighted by molar-refractivity contribution is 5.77. The van der Waals surface area contributed by atoms with Crippen molar-refractivity contribution in [2.75, 3.05) is 18.4 Å². The monoisotopic (exact) mass is 427 g/mol. The van der Waals surface area contributed by atoms with Crippen molar-refractivity contribution in [3.63, 3.8) is 0 Å². The predicted octanol–water partition coefficient (Wildman–Crippen LogP) is 1.37. The summed E-state index contributed by atoms with van der Waals surface area (Å²) in [7, 11) is 0. The number of amides is 1. The van der Waals surface area contributed by atoms with Gasteiger partial charge in [0, 0.05) is 31.6 Å². The summed E-state index contributed by atoms with van der Waals surface area (Å²) in [5.41, 5.74) is 5.80. The van der Waals surface area contributed by atoms with Gasteiger partial charge in [0.15, 0.2) is 17.5 Å². The molecule has 3 rings (SSSR count). The van der Waals surface area contributed by atoms with E-state index >= 15 is 0 Å². The molecular weight excluding hydrogens is 406 g/mol. The lowest BCUT2D eigenvalue weighted by molar-refractivity contribution is -0.132. The minimum Gasteiger partial charge on any atom is -0.391 e. The molecule has 1 aliphatic rings. The summed E-state index contributed by atoms with van der Waals surface area (Å²) in [4.78, 5) is 21.6. The molecule has 1 aromatic heterocycles. The summed E-state index contributed by atoms with van der Waals surface area (Å²) < 4.78 is 53.1. The second-order valence-electron chi connectivity index (χ2n) is 7.22. The van der Waals surface area contributed by atoms with E-state index in [-0.39, 0.29) is 49.4 Å². The molecule has 2 aromatic rings. The van der Waals surface area contributed by atoms with Crippen LogP contribution in [0.2, 0.25) is 0 Å². The van der Waals surface area contributed by atoms with Crippen LogP contribution in [-0.4, -0.2) is 57.2 Å². The quantitative estimate of drug-likeness (QED) is 0.456. The van der Waals surface area contributed by atoms with Crippen LogP contribution < -0.4 is 11.1 Å². The number of likely N-dealkylation sites (tertiary alicyclic amines) is 1. The van der Waals surface area contributed by atoms with Gasteiger partial charge in [0.1, 0.15) is 5.82 Å². The Hall–Kier alpha value is -2.79. The van der Waals surface area contributed by atoms with E-state index < -0.39 is 35.4 Å². The fraction of sp³-hybridized carbons (Fsp3) is 0.421. The maximum Gasteiger partial charge on any atom is 0.224 e. The number of hydrogen-bond donors (Lipinski definition) is 3. The second kappa shape index (κ2) is 9.35. The van der Waals surface area contributed by atoms with Crippen LogP contribution in [0.3, 0.4) is 0 Å². The van der Waals surface area contributed by atoms with Crippen molar-refractivity contribution in [2.24, 2.45) is 5.73 Å². The van der Waals surface area contributed by atoms with E-state index in [2.05, 4.69) is 15.3 Å². The van der Waals surface area contributed by atoms with Gasteiger partial charge < -0.3 is 21.1 Å². The van der Waals surface area contributed by atoms with Crippen LogP contribution in [0.25, 0.3) is 0 Å². The average Bonchev–Trinajstić information content (AvgIpc) is 3.06. The summed E-state index contributed by atoms with van der Waals surface area (Å²) in [5.74, 6) is -4.20. The van der Waals surface area contributed by atoms with Crippen molar-refractivity contribution < 1.29 is 27.5 Å². The standard InChI is InChI=1S/C19H21F4N5O2/c20-11-6-25-19(26-7-11)27-8-13-4-14(29)9-28(13)18(30)3-12(24)1-10-2-16(22)17(23)5-15(10)21/h2,5-7,12-14,29H,1,3-4,8-9,24H2,(H,25,26,27)/t12?,13-,14+/m0/s1. The van der Waals surface area contributed by atoms with E-state index in [0.717, 1.165) is 18.5 Å². The first-order valence-corrected chi connectivity index (χ1v) is 9.31. The Kier molecular flexibility index (Phi) is 6.83. The maximum atomic E-state index is 13.8. The number of rotatable bonds is 7. The molecule has 3 atom stereocenters. The van der Waals surface area contributed by atoms with Crippen LogP contribution in [0, 0.1) is 23.3 Å². The average molecular weight is 427 g/mol. The van der Waals surface area contributed by atoms with Crippen LogP contribution in [0.5, 0.6) is 0 Å². The van der Waals surface area contributed by atoms with Crippen molar-refractivity contribution in [1.29, 1.82) is 0 Å². The lowest BCUT2D eigenvalue weighted by Gasteiger charge is -2.26. The van der Waals surface area contributed by atoms with Gasteiger partial charge in [-0.05, 0) is 24.5 Å². The van der Waals surface area contributed by atoms with Gasteiger partial charge in [-0.1, -0.05) is 0 Å². The van der Waals surface area contributed by atoms with E-state index in [1.807, 2.05) is 0 Å². The van der Waals surface area contributed by atoms with Crippen molar-refractivity contribution in [3.8, 4) is 0 Å². The molecule has 1 fully saturated rings. The number of hydrogen-bond acceptors (Lipinski definition) is 6. The molecule has 11 heteroatoms. The molecule has 1 amide bonds. The molecule has 30 heavy (non-hydrogen) atoms. The molecule has 0 radical (unpaired) electrons. The zero-order chi connectivity index (χ0) is 21.8. The summed E-state index contributed by atoms with van der Waals surface area (Å²) in [5, 5.41) is 12.8. The summed E-state index contributed by atoms with van der Waals surface area (Å²) in [6.45, 7) is 0.323. The van der Waals surface area contributed by atoms with Crippen molar-refractivity contribution in [3.05, 3.63) is 53.4 Å². The first kappa shape index (κ1) is 21.9. The van der Waals surface area contributed by atoms with Gasteiger partial charge in [0.05, 0.1) is 24.5 Å². The van der Waals surface area contributed by atoms with Crippen LogP contribution in [0.1, 0.15) is 18.4 Å². The van der Waals surface area contributed by atoms with E-state index in [1.165, 1.54) is 4.90 Å². The number of anilines is 1. The Morgan fingerprint density at radius 3 is 2.57 bits per heavy atom. The Morgan fingerprint density at radius 1 is 1.20 bits per heavy atom. The highest BCUT2D eigenvalue weighted by atomic mass is 19.2. The molecule has 0 spiro atoms. The highest BCUT2D eigenvalue weighted by Gasteiger charge is 2.34. The van der Waals surface area contributed by atoms with E-state index in [0.29, 0.717) is 12.5 Å². The Morgan fingerprint density at radius 2 is 1.87 bits per heavy atom. The largest absolute Gasteiger partial charge is 0.391 e. The molecule has 162 valence electrons. The number of carbonyl (C=O) groups is 1. The normalized spacial score (nSPS) is 19.7. The van der Waals surface area contributed by atoms with Crippen LogP contribution in [0.15, 0.2) is 24.5 Å². The van der Waals surface area contributed by atoms with Gasteiger partial charge in [-0.15, -0.1) is 0 Å². The summed E-state index contributed by atoms with van der Waals surface area (Å²) in [6.07, 6.45) is 1.25. The topological polar surface area (TPSA) is 104 Å². The molecule has 7 nitrogen and oxygen atoms in total. The zero-order valence-electron chi connectivity index (χ0n) is 15.9. The molecular formula is C19H21F4N5O2. The third-order valence-corrected chi connectivity index (χ3v) is 4.84. The second-order valence-corrected chi connectivity index (χ2v) is 7.22. The molecule has 0 bridgehead atoms. The third kappa shape index (κ3) is 5.42. The van der Waals surface area contributed by atoms with Gasteiger partial charge in [-0.25, -0.2) is 27.5 Å². The first-order chi connectivity index (χ1) is 14.2. The number of nitrogens with zero attached hydrogens (tertiary/aromatic N) is 3. The van der Waals surface area contributed by atoms with Crippen molar-refractivity contribution in [2.45, 2.75) is 37.5 Å². The minimum absolute atomic E-state index is 0.0989. The third-order valence-electron chi connectivity index (χ3n) is 4.84. The van der Waals surface area contributed by atoms with Gasteiger partial charge in [0.25, 0.3) is 0 Å². The number of aliphatic hydroxyl groups excluding tert-OH is 1. The van der Waals surface area contributed by atoms with Crippen LogP contribution >= 0.6 is 0 Å². The van der Waals surface area contributed by atoms with Gasteiger partial charge in [-0.3, -0.25) is 4.79 Å². The Bertz CT molecular complexity index is 899. The molecule has 1 unspecified atom stereocenters. The van der Waals surface area contributed by atoms with Gasteiger partial charge >= 0.3 is 0 Å². The Labute approximate surface area is 169 Å². The lowest BCUT2D eigenvalue weighted by Crippen LogP contribution is -2.42. The fourth-order valence-corrected chi connectivity index (χ4v) is 3.42. The summed E-state index contributed by atoms with van der Waals surface area (Å²) >= 11 is 0. The fourth-order valence-electron chi connectivity index (χ4n) is 3.42. The van der Waals surface area contributed by atoms with Gasteiger partial charge in [0.2, 0.25) is 11.9 Å². The maximum absolute atomic E-state index is 13.8. The van der Waals surface area contributed by atoms with Crippen LogP contribution in [0.4, 0.5) is 23.5 Å². The molecule has 1 aliphatic heterocycles. The van der Waals surface area contributed by atoms with Crippen molar-refractivity contribution >= 4 is 11.9 Å². The van der Waals surface area contributed by atoms with Crippen LogP contribution in [-0.2, 0) is 11.2 Å². The number of nitrogens with two attached hydrogens (primary N) is 1. The smallest absolute Gasteiger partial charge is 0.224 e. The number of benzene rings is 1. The first-order valence-electron chi connectivity index (χ1n) is 9.31. The number of nitrogens with one attached hydrogen (secondary N) is 1. The highest BCUT2D eigenvalue weighted by Crippen LogP contribution is 2.21. The van der Waals surface area contributed by atoms with Gasteiger partial charge in [-0.2, -0.15) is 0 Å². The van der Waals surface area contributed by atoms with E-state index in [1.54, 1.807) is 0 Å². The van der Waals surface area contributed by atoms with Crippen molar-refractivity contribution in [1.82, 2.24) is 14.9 Å². The molecule has 0 saturated carbocycles. The van der Waals surface area contributed by atoms with E-state index in [4.69, 9.17) is 5.73 Å². The summed E-state index contributed by atoms with van der Waals surface area (Å²) in [6, 6.07) is -0.0452. The number of β-amino-alcohol motifs (C(OH)–C–C–N with tert-alkyl or cyclic N) is 1.